The van der Waals surface area contributed by atoms with Crippen molar-refractivity contribution < 1.29 is 23.0 Å². The summed E-state index contributed by atoms with van der Waals surface area (Å²) in [4.78, 5) is 0.122. The fourth-order valence-corrected chi connectivity index (χ4v) is 3.39. The van der Waals surface area contributed by atoms with Crippen LogP contribution in [0.5, 0.6) is 11.5 Å². The van der Waals surface area contributed by atoms with Crippen molar-refractivity contribution in [3.8, 4) is 11.5 Å². The average molecular weight is 366 g/mol. The van der Waals surface area contributed by atoms with E-state index >= 15 is 0 Å². The summed E-state index contributed by atoms with van der Waals surface area (Å²) in [5.74, 6) is 0.734. The van der Waals surface area contributed by atoms with E-state index in [9.17, 15) is 13.5 Å². The minimum absolute atomic E-state index is 0.122. The van der Waals surface area contributed by atoms with Crippen molar-refractivity contribution in [2.24, 2.45) is 5.73 Å². The second-order valence-electron chi connectivity index (χ2n) is 5.50. The lowest BCUT2D eigenvalue weighted by molar-refractivity contribution is 0.267. The molecule has 0 aliphatic heterocycles. The number of sulfonamides is 1. The highest BCUT2D eigenvalue weighted by molar-refractivity contribution is 7.92. The zero-order chi connectivity index (χ0) is 18.6. The molecular formula is C17H22N2O5S. The molecule has 25 heavy (non-hydrogen) atoms. The molecule has 0 amide bonds. The summed E-state index contributed by atoms with van der Waals surface area (Å²) >= 11 is 0. The van der Waals surface area contributed by atoms with Gasteiger partial charge in [-0.15, -0.1) is 0 Å². The van der Waals surface area contributed by atoms with E-state index in [0.29, 0.717) is 17.1 Å². The van der Waals surface area contributed by atoms with Crippen molar-refractivity contribution in [1.29, 1.82) is 0 Å². The Hall–Kier alpha value is -2.29. The predicted octanol–water partition coefficient (Wildman–Crippen LogP) is 1.81. The lowest BCUT2D eigenvalue weighted by Gasteiger charge is -2.19. The van der Waals surface area contributed by atoms with Crippen molar-refractivity contribution in [2.75, 3.05) is 25.5 Å². The van der Waals surface area contributed by atoms with Crippen molar-refractivity contribution >= 4 is 15.7 Å². The molecule has 1 atom stereocenters. The molecule has 7 nitrogen and oxygen atoms in total. The van der Waals surface area contributed by atoms with Crippen LogP contribution in [0.1, 0.15) is 17.2 Å². The first kappa shape index (κ1) is 19.0. The number of aliphatic hydroxyl groups excluding tert-OH is 1. The summed E-state index contributed by atoms with van der Waals surface area (Å²) in [6.45, 7) is 1.52. The van der Waals surface area contributed by atoms with Crippen LogP contribution >= 0.6 is 0 Å². The Balaban J connectivity index is 2.51. The standard InChI is InChI=1S/C17H22N2O5S/c1-11-4-6-12(7-5-11)25(21,22)19-15-9-17(24-3)16(23-2)8-13(15)14(18)10-20/h4-9,14,19-20H,10,18H2,1-3H3/t14-/m1/s1. The van der Waals surface area contributed by atoms with Crippen LogP contribution < -0.4 is 19.9 Å². The molecule has 0 bridgehead atoms. The number of rotatable bonds is 7. The molecule has 4 N–H and O–H groups in total. The van der Waals surface area contributed by atoms with Gasteiger partial charge in [-0.05, 0) is 30.7 Å². The molecule has 0 aliphatic carbocycles. The van der Waals surface area contributed by atoms with E-state index in [1.807, 2.05) is 6.92 Å². The molecule has 2 aromatic rings. The van der Waals surface area contributed by atoms with E-state index < -0.39 is 16.1 Å². The fraction of sp³-hybridized carbons (Fsp3) is 0.294. The van der Waals surface area contributed by atoms with Crippen LogP contribution in [0.4, 0.5) is 5.69 Å². The molecule has 0 spiro atoms. The summed E-state index contributed by atoms with van der Waals surface area (Å²) in [6, 6.07) is 8.71. The first-order chi connectivity index (χ1) is 11.8. The predicted molar refractivity (Wildman–Crippen MR) is 95.5 cm³/mol. The highest BCUT2D eigenvalue weighted by Crippen LogP contribution is 2.36. The maximum Gasteiger partial charge on any atom is 0.261 e. The number of nitrogens with one attached hydrogen (secondary N) is 1. The Bertz CT molecular complexity index is 835. The molecular weight excluding hydrogens is 344 g/mol. The average Bonchev–Trinajstić information content (AvgIpc) is 2.60. The van der Waals surface area contributed by atoms with Crippen LogP contribution in [0, 0.1) is 6.92 Å². The highest BCUT2D eigenvalue weighted by atomic mass is 32.2. The molecule has 0 heterocycles. The van der Waals surface area contributed by atoms with Gasteiger partial charge in [-0.2, -0.15) is 0 Å². The lowest BCUT2D eigenvalue weighted by Crippen LogP contribution is -2.20. The smallest absolute Gasteiger partial charge is 0.261 e. The number of aliphatic hydroxyl groups is 1. The molecule has 0 aromatic heterocycles. The van der Waals surface area contributed by atoms with Gasteiger partial charge in [0.25, 0.3) is 10.0 Å². The van der Waals surface area contributed by atoms with Gasteiger partial charge in [0.2, 0.25) is 0 Å². The van der Waals surface area contributed by atoms with Crippen LogP contribution in [0.15, 0.2) is 41.3 Å². The SMILES string of the molecule is COc1cc(NS(=O)(=O)c2ccc(C)cc2)c([C@H](N)CO)cc1OC. The maximum absolute atomic E-state index is 12.6. The highest BCUT2D eigenvalue weighted by Gasteiger charge is 2.21. The second-order valence-corrected chi connectivity index (χ2v) is 7.18. The molecule has 0 fully saturated rings. The number of hydrogen-bond acceptors (Lipinski definition) is 6. The van der Waals surface area contributed by atoms with E-state index in [0.717, 1.165) is 5.56 Å². The van der Waals surface area contributed by atoms with E-state index in [-0.39, 0.29) is 17.2 Å². The number of methoxy groups -OCH3 is 2. The molecule has 8 heteroatoms. The van der Waals surface area contributed by atoms with Gasteiger partial charge in [-0.1, -0.05) is 17.7 Å². The number of ether oxygens (including phenoxy) is 2. The van der Waals surface area contributed by atoms with Crippen molar-refractivity contribution in [3.05, 3.63) is 47.5 Å². The molecule has 0 saturated heterocycles. The van der Waals surface area contributed by atoms with Gasteiger partial charge in [0.15, 0.2) is 11.5 Å². The normalized spacial score (nSPS) is 12.5. The number of nitrogens with two attached hydrogens (primary N) is 1. The summed E-state index contributed by atoms with van der Waals surface area (Å²) in [5.41, 5.74) is 7.48. The van der Waals surface area contributed by atoms with Crippen LogP contribution in [0.2, 0.25) is 0 Å². The third-order valence-electron chi connectivity index (χ3n) is 3.73. The quantitative estimate of drug-likeness (QED) is 0.689. The number of hydrogen-bond donors (Lipinski definition) is 3. The Kier molecular flexibility index (Phi) is 5.89. The Morgan fingerprint density at radius 2 is 1.68 bits per heavy atom. The summed E-state index contributed by atoms with van der Waals surface area (Å²) in [5, 5.41) is 9.37. The zero-order valence-electron chi connectivity index (χ0n) is 14.3. The van der Waals surface area contributed by atoms with E-state index in [1.165, 1.54) is 32.4 Å². The molecule has 2 aromatic carbocycles. The minimum Gasteiger partial charge on any atom is -0.493 e. The third kappa shape index (κ3) is 4.22. The number of anilines is 1. The topological polar surface area (TPSA) is 111 Å². The van der Waals surface area contributed by atoms with Crippen LogP contribution in [-0.4, -0.2) is 34.4 Å². The Morgan fingerprint density at radius 1 is 1.12 bits per heavy atom. The third-order valence-corrected chi connectivity index (χ3v) is 5.11. The van der Waals surface area contributed by atoms with E-state index in [1.54, 1.807) is 18.2 Å². The van der Waals surface area contributed by atoms with Crippen molar-refractivity contribution in [1.82, 2.24) is 0 Å². The van der Waals surface area contributed by atoms with Gasteiger partial charge in [0.1, 0.15) is 0 Å². The van der Waals surface area contributed by atoms with Gasteiger partial charge < -0.3 is 20.3 Å². The summed E-state index contributed by atoms with van der Waals surface area (Å²) in [6.07, 6.45) is 0. The van der Waals surface area contributed by atoms with Crippen molar-refractivity contribution in [3.63, 3.8) is 0 Å². The molecule has 136 valence electrons. The molecule has 0 saturated carbocycles. The van der Waals surface area contributed by atoms with Crippen molar-refractivity contribution in [2.45, 2.75) is 17.9 Å². The Labute approximate surface area is 147 Å². The first-order valence-electron chi connectivity index (χ1n) is 7.54. The number of benzene rings is 2. The molecule has 2 rings (SSSR count). The van der Waals surface area contributed by atoms with Crippen LogP contribution in [0.25, 0.3) is 0 Å². The largest absolute Gasteiger partial charge is 0.493 e. The van der Waals surface area contributed by atoms with Gasteiger partial charge >= 0.3 is 0 Å². The first-order valence-corrected chi connectivity index (χ1v) is 9.02. The second kappa shape index (κ2) is 7.73. The van der Waals surface area contributed by atoms with Gasteiger partial charge in [-0.25, -0.2) is 8.42 Å². The Morgan fingerprint density at radius 3 is 2.20 bits per heavy atom. The van der Waals surface area contributed by atoms with Crippen LogP contribution in [-0.2, 0) is 10.0 Å². The fourth-order valence-electron chi connectivity index (χ4n) is 2.31. The minimum atomic E-state index is -3.82. The maximum atomic E-state index is 12.6. The molecule has 0 radical (unpaired) electrons. The zero-order valence-corrected chi connectivity index (χ0v) is 15.1. The van der Waals surface area contributed by atoms with E-state index in [4.69, 9.17) is 15.2 Å². The number of aryl methyl sites for hydroxylation is 1. The van der Waals surface area contributed by atoms with Gasteiger partial charge in [-0.3, -0.25) is 4.72 Å². The molecule has 0 aliphatic rings. The lowest BCUT2D eigenvalue weighted by atomic mass is 10.1. The molecule has 0 unspecified atom stereocenters. The van der Waals surface area contributed by atoms with E-state index in [2.05, 4.69) is 4.72 Å². The van der Waals surface area contributed by atoms with Crippen LogP contribution in [0.3, 0.4) is 0 Å². The monoisotopic (exact) mass is 366 g/mol. The summed E-state index contributed by atoms with van der Waals surface area (Å²) in [7, 11) is -0.916. The van der Waals surface area contributed by atoms with Gasteiger partial charge in [0.05, 0.1) is 37.5 Å². The van der Waals surface area contributed by atoms with Gasteiger partial charge in [0, 0.05) is 6.07 Å². The summed E-state index contributed by atoms with van der Waals surface area (Å²) < 4.78 is 38.2.